The number of nitro groups is 1. The number of amides is 1. The molecule has 0 saturated heterocycles. The topological polar surface area (TPSA) is 96.3 Å². The van der Waals surface area contributed by atoms with Crippen molar-refractivity contribution in [2.75, 3.05) is 5.32 Å². The fraction of sp³-hybridized carbons (Fsp3) is 0.667. The summed E-state index contributed by atoms with van der Waals surface area (Å²) in [5, 5.41) is 19.2. The summed E-state index contributed by atoms with van der Waals surface area (Å²) in [6.45, 7) is 2.24. The van der Waals surface area contributed by atoms with Gasteiger partial charge in [-0.2, -0.15) is 0 Å². The molecule has 7 nitrogen and oxygen atoms in total. The molecule has 1 atom stereocenters. The van der Waals surface area contributed by atoms with Gasteiger partial charge in [-0.05, 0) is 30.8 Å². The molecule has 1 aromatic rings. The van der Waals surface area contributed by atoms with E-state index in [1.165, 1.54) is 82.1 Å². The first-order chi connectivity index (χ1) is 16.6. The number of carbonyl (C=O) groups excluding carboxylic acids is 1. The molecule has 0 fully saturated rings. The molecular formula is C24H37Cl3N4O3S. The smallest absolute Gasteiger partial charge is 0.269 e. The van der Waals surface area contributed by atoms with Crippen LogP contribution in [-0.4, -0.2) is 25.9 Å². The monoisotopic (exact) mass is 566 g/mol. The maximum absolute atomic E-state index is 12.4. The normalized spacial score (nSPS) is 12.1. The molecule has 35 heavy (non-hydrogen) atoms. The summed E-state index contributed by atoms with van der Waals surface area (Å²) in [7, 11) is 0. The van der Waals surface area contributed by atoms with Crippen molar-refractivity contribution in [1.29, 1.82) is 0 Å². The zero-order valence-electron chi connectivity index (χ0n) is 20.3. The highest BCUT2D eigenvalue weighted by atomic mass is 35.6. The van der Waals surface area contributed by atoms with Crippen LogP contribution in [0.4, 0.5) is 11.4 Å². The zero-order valence-corrected chi connectivity index (χ0v) is 23.4. The van der Waals surface area contributed by atoms with E-state index in [1.54, 1.807) is 0 Å². The third-order valence-electron chi connectivity index (χ3n) is 5.50. The van der Waals surface area contributed by atoms with E-state index < -0.39 is 14.9 Å². The lowest BCUT2D eigenvalue weighted by Gasteiger charge is -2.27. The highest BCUT2D eigenvalue weighted by Gasteiger charge is 2.34. The molecule has 0 aliphatic rings. The number of hydrogen-bond donors (Lipinski definition) is 3. The van der Waals surface area contributed by atoms with Gasteiger partial charge in [0.1, 0.15) is 6.17 Å². The molecule has 0 aliphatic carbocycles. The molecule has 198 valence electrons. The number of anilines is 1. The van der Waals surface area contributed by atoms with Gasteiger partial charge in [0.2, 0.25) is 9.70 Å². The van der Waals surface area contributed by atoms with Gasteiger partial charge in [-0.1, -0.05) is 112 Å². The predicted molar refractivity (Wildman–Crippen MR) is 150 cm³/mol. The van der Waals surface area contributed by atoms with Crippen molar-refractivity contribution in [3.05, 3.63) is 34.4 Å². The van der Waals surface area contributed by atoms with Gasteiger partial charge in [0, 0.05) is 24.2 Å². The first-order valence-corrected chi connectivity index (χ1v) is 13.9. The molecule has 0 aromatic heterocycles. The summed E-state index contributed by atoms with van der Waals surface area (Å²) >= 11 is 23.3. The van der Waals surface area contributed by atoms with Crippen LogP contribution in [0.3, 0.4) is 0 Å². The van der Waals surface area contributed by atoms with E-state index >= 15 is 0 Å². The Morgan fingerprint density at radius 3 is 1.86 bits per heavy atom. The number of nitrogens with one attached hydrogen (secondary N) is 3. The fourth-order valence-electron chi connectivity index (χ4n) is 3.52. The van der Waals surface area contributed by atoms with Crippen molar-refractivity contribution in [3.8, 4) is 0 Å². The molecule has 0 radical (unpaired) electrons. The maximum atomic E-state index is 12.4. The van der Waals surface area contributed by atoms with Crippen molar-refractivity contribution in [3.63, 3.8) is 0 Å². The van der Waals surface area contributed by atoms with Gasteiger partial charge in [-0.3, -0.25) is 14.9 Å². The number of carbonyl (C=O) groups is 1. The number of thiocarbonyl (C=S) groups is 1. The molecule has 0 saturated carbocycles. The van der Waals surface area contributed by atoms with Crippen molar-refractivity contribution in [2.24, 2.45) is 0 Å². The minimum atomic E-state index is -1.84. The number of hydrogen-bond acceptors (Lipinski definition) is 4. The second kappa shape index (κ2) is 18.0. The quantitative estimate of drug-likeness (QED) is 0.0444. The van der Waals surface area contributed by atoms with Crippen LogP contribution in [0.1, 0.15) is 90.4 Å². The van der Waals surface area contributed by atoms with Crippen LogP contribution in [0.5, 0.6) is 0 Å². The molecular weight excluding hydrogens is 531 g/mol. The summed E-state index contributed by atoms with van der Waals surface area (Å²) in [5.74, 6) is -0.237. The van der Waals surface area contributed by atoms with Crippen molar-refractivity contribution < 1.29 is 9.72 Å². The fourth-order valence-corrected chi connectivity index (χ4v) is 4.09. The van der Waals surface area contributed by atoms with Gasteiger partial charge in [-0.25, -0.2) is 0 Å². The number of benzene rings is 1. The first kappa shape index (κ1) is 31.7. The van der Waals surface area contributed by atoms with Crippen molar-refractivity contribution in [1.82, 2.24) is 10.6 Å². The van der Waals surface area contributed by atoms with Crippen LogP contribution in [0, 0.1) is 10.1 Å². The van der Waals surface area contributed by atoms with E-state index in [2.05, 4.69) is 22.9 Å². The lowest BCUT2D eigenvalue weighted by molar-refractivity contribution is -0.384. The Morgan fingerprint density at radius 2 is 1.40 bits per heavy atom. The molecule has 0 aliphatic heterocycles. The summed E-state index contributed by atoms with van der Waals surface area (Å²) in [6.07, 6.45) is 13.9. The van der Waals surface area contributed by atoms with Gasteiger partial charge in [0.25, 0.3) is 5.69 Å². The van der Waals surface area contributed by atoms with Crippen LogP contribution in [-0.2, 0) is 4.79 Å². The summed E-state index contributed by atoms with van der Waals surface area (Å²) in [6, 6.07) is 5.69. The Balaban J connectivity index is 2.27. The van der Waals surface area contributed by atoms with Gasteiger partial charge in [0.05, 0.1) is 4.92 Å². The van der Waals surface area contributed by atoms with Gasteiger partial charge < -0.3 is 16.0 Å². The highest BCUT2D eigenvalue weighted by molar-refractivity contribution is 7.80. The third-order valence-corrected chi connectivity index (χ3v) is 6.38. The van der Waals surface area contributed by atoms with Crippen LogP contribution in [0.15, 0.2) is 24.3 Å². The standard InChI is InChI=1S/C24H37Cl3N4O3S/c1-2-3-4-5-6-7-8-9-10-11-12-13-14-21(32)29-22(24(25,26)27)30-23(35)28-19-15-17-20(18-16-19)31(33)34/h15-18,22H,2-14H2,1H3,(H,29,32)(H2,28,30,35). The number of alkyl halides is 3. The molecule has 0 spiro atoms. The van der Waals surface area contributed by atoms with Gasteiger partial charge in [0.15, 0.2) is 5.11 Å². The average Bonchev–Trinajstić information content (AvgIpc) is 2.79. The van der Waals surface area contributed by atoms with E-state index in [0.717, 1.165) is 19.3 Å². The first-order valence-electron chi connectivity index (χ1n) is 12.3. The lowest BCUT2D eigenvalue weighted by atomic mass is 10.0. The van der Waals surface area contributed by atoms with Gasteiger partial charge in [-0.15, -0.1) is 0 Å². The van der Waals surface area contributed by atoms with Crippen molar-refractivity contribution in [2.45, 2.75) is 100 Å². The molecule has 1 amide bonds. The predicted octanol–water partition coefficient (Wildman–Crippen LogP) is 7.78. The largest absolute Gasteiger partial charge is 0.339 e. The minimum absolute atomic E-state index is 0.0429. The zero-order chi connectivity index (χ0) is 26.1. The number of nitro benzene ring substituents is 1. The molecule has 1 unspecified atom stereocenters. The molecule has 0 heterocycles. The van der Waals surface area contributed by atoms with E-state index in [0.29, 0.717) is 12.1 Å². The number of unbranched alkanes of at least 4 members (excludes halogenated alkanes) is 11. The number of halogens is 3. The minimum Gasteiger partial charge on any atom is -0.339 e. The molecule has 3 N–H and O–H groups in total. The second-order valence-electron chi connectivity index (χ2n) is 8.58. The van der Waals surface area contributed by atoms with E-state index in [4.69, 9.17) is 47.0 Å². The van der Waals surface area contributed by atoms with Crippen LogP contribution in [0.2, 0.25) is 0 Å². The van der Waals surface area contributed by atoms with Crippen LogP contribution < -0.4 is 16.0 Å². The summed E-state index contributed by atoms with van der Waals surface area (Å²) in [4.78, 5) is 22.6. The summed E-state index contributed by atoms with van der Waals surface area (Å²) < 4.78 is -1.84. The SMILES string of the molecule is CCCCCCCCCCCCCCC(=O)NC(NC(=S)Nc1ccc([N+](=O)[O-])cc1)C(Cl)(Cl)Cl. The number of non-ortho nitro benzene ring substituents is 1. The van der Waals surface area contributed by atoms with Crippen LogP contribution >= 0.6 is 47.0 Å². The van der Waals surface area contributed by atoms with Gasteiger partial charge >= 0.3 is 0 Å². The lowest BCUT2D eigenvalue weighted by Crippen LogP contribution is -2.56. The number of rotatable bonds is 17. The summed E-state index contributed by atoms with van der Waals surface area (Å²) in [5.41, 5.74) is 0.470. The Morgan fingerprint density at radius 1 is 0.914 bits per heavy atom. The average molecular weight is 568 g/mol. The third kappa shape index (κ3) is 15.4. The molecule has 0 bridgehead atoms. The maximum Gasteiger partial charge on any atom is 0.269 e. The van der Waals surface area contributed by atoms with Crippen LogP contribution in [0.25, 0.3) is 0 Å². The Kier molecular flexibility index (Phi) is 16.3. The molecule has 1 aromatic carbocycles. The molecule has 11 heteroatoms. The second-order valence-corrected chi connectivity index (χ2v) is 11.4. The van der Waals surface area contributed by atoms with E-state index in [1.807, 2.05) is 0 Å². The number of nitrogens with zero attached hydrogens (tertiary/aromatic N) is 1. The Bertz CT molecular complexity index is 776. The van der Waals surface area contributed by atoms with Crippen molar-refractivity contribution >= 4 is 69.4 Å². The van der Waals surface area contributed by atoms with E-state index in [-0.39, 0.29) is 16.7 Å². The molecule has 1 rings (SSSR count). The van der Waals surface area contributed by atoms with E-state index in [9.17, 15) is 14.9 Å². The highest BCUT2D eigenvalue weighted by Crippen LogP contribution is 2.29. The Labute approximate surface area is 229 Å². The Hall–Kier alpha value is -1.35.